The van der Waals surface area contributed by atoms with E-state index in [1.54, 1.807) is 0 Å². The minimum Gasteiger partial charge on any atom is -0.338 e. The third kappa shape index (κ3) is 3.02. The normalized spacial score (nSPS) is 22.5. The van der Waals surface area contributed by atoms with Crippen LogP contribution in [0.3, 0.4) is 0 Å². The summed E-state index contributed by atoms with van der Waals surface area (Å²) in [6, 6.07) is 0.298. The summed E-state index contributed by atoms with van der Waals surface area (Å²) < 4.78 is 5.21. The molecule has 0 amide bonds. The molecule has 2 rings (SSSR count). The van der Waals surface area contributed by atoms with Crippen molar-refractivity contribution in [2.45, 2.75) is 45.2 Å². The van der Waals surface area contributed by atoms with Crippen molar-refractivity contribution in [1.82, 2.24) is 15.0 Å². The molecule has 0 spiro atoms. The van der Waals surface area contributed by atoms with Crippen molar-refractivity contribution in [2.75, 3.05) is 13.1 Å². The number of hydrogen-bond donors (Lipinski definition) is 1. The van der Waals surface area contributed by atoms with Crippen LogP contribution in [0.15, 0.2) is 4.52 Å². The Morgan fingerprint density at radius 2 is 2.44 bits per heavy atom. The number of aryl methyl sites for hydroxylation is 1. The van der Waals surface area contributed by atoms with Crippen LogP contribution in [0.5, 0.6) is 0 Å². The molecule has 1 atom stereocenters. The van der Waals surface area contributed by atoms with Gasteiger partial charge in [0.2, 0.25) is 5.89 Å². The summed E-state index contributed by atoms with van der Waals surface area (Å²) in [6.07, 6.45) is 4.23. The topological polar surface area (TPSA) is 68.2 Å². The maximum absolute atomic E-state index is 5.92. The van der Waals surface area contributed by atoms with Gasteiger partial charge in [-0.2, -0.15) is 4.98 Å². The number of nitrogens with two attached hydrogens (primary N) is 1. The second-order valence-electron chi connectivity index (χ2n) is 4.49. The lowest BCUT2D eigenvalue weighted by Crippen LogP contribution is -2.42. The highest BCUT2D eigenvalue weighted by atomic mass is 16.5. The number of aromatic nitrogens is 2. The van der Waals surface area contributed by atoms with Crippen LogP contribution in [0.1, 0.15) is 37.9 Å². The highest BCUT2D eigenvalue weighted by Crippen LogP contribution is 2.11. The molecule has 90 valence electrons. The standard InChI is InChI=1S/C11H20N4O/c1-2-4-10-13-11(16-14-10)8-15-6-3-5-9(12)7-15/h9H,2-8,12H2,1H3. The Morgan fingerprint density at radius 3 is 3.19 bits per heavy atom. The molecule has 2 heterocycles. The van der Waals surface area contributed by atoms with Crippen molar-refractivity contribution in [3.63, 3.8) is 0 Å². The van der Waals surface area contributed by atoms with Crippen LogP contribution >= 0.6 is 0 Å². The molecule has 5 heteroatoms. The Kier molecular flexibility index (Phi) is 3.90. The SMILES string of the molecule is CCCc1noc(CN2CCCC(N)C2)n1. The smallest absolute Gasteiger partial charge is 0.240 e. The molecule has 0 radical (unpaired) electrons. The number of likely N-dealkylation sites (tertiary alicyclic amines) is 1. The van der Waals surface area contributed by atoms with Crippen LogP contribution in [-0.2, 0) is 13.0 Å². The Labute approximate surface area is 96.0 Å². The van der Waals surface area contributed by atoms with E-state index in [-0.39, 0.29) is 0 Å². The van der Waals surface area contributed by atoms with Gasteiger partial charge < -0.3 is 10.3 Å². The molecule has 1 aromatic heterocycles. The predicted molar refractivity (Wildman–Crippen MR) is 60.8 cm³/mol. The molecule has 1 aliphatic rings. The van der Waals surface area contributed by atoms with E-state index >= 15 is 0 Å². The van der Waals surface area contributed by atoms with Gasteiger partial charge in [0, 0.05) is 19.0 Å². The van der Waals surface area contributed by atoms with Crippen molar-refractivity contribution in [3.05, 3.63) is 11.7 Å². The largest absolute Gasteiger partial charge is 0.338 e. The maximum Gasteiger partial charge on any atom is 0.240 e. The number of hydrogen-bond acceptors (Lipinski definition) is 5. The van der Waals surface area contributed by atoms with Crippen molar-refractivity contribution in [1.29, 1.82) is 0 Å². The van der Waals surface area contributed by atoms with Gasteiger partial charge in [-0.3, -0.25) is 4.90 Å². The van der Waals surface area contributed by atoms with Gasteiger partial charge in [0.05, 0.1) is 6.54 Å². The van der Waals surface area contributed by atoms with Gasteiger partial charge in [-0.1, -0.05) is 12.1 Å². The molecule has 2 N–H and O–H groups in total. The molecule has 0 aromatic carbocycles. The summed E-state index contributed by atoms with van der Waals surface area (Å²) in [4.78, 5) is 6.65. The van der Waals surface area contributed by atoms with Crippen LogP contribution in [-0.4, -0.2) is 34.2 Å². The molecular formula is C11H20N4O. The number of nitrogens with zero attached hydrogens (tertiary/aromatic N) is 3. The zero-order valence-corrected chi connectivity index (χ0v) is 9.85. The third-order valence-electron chi connectivity index (χ3n) is 2.88. The second kappa shape index (κ2) is 5.41. The first-order chi connectivity index (χ1) is 7.78. The first-order valence-electron chi connectivity index (χ1n) is 6.07. The van der Waals surface area contributed by atoms with Gasteiger partial charge >= 0.3 is 0 Å². The van der Waals surface area contributed by atoms with Gasteiger partial charge in [0.25, 0.3) is 0 Å². The zero-order valence-electron chi connectivity index (χ0n) is 9.85. The Hall–Kier alpha value is -0.940. The predicted octanol–water partition coefficient (Wildman–Crippen LogP) is 0.945. The van der Waals surface area contributed by atoms with Crippen LogP contribution in [0.2, 0.25) is 0 Å². The highest BCUT2D eigenvalue weighted by molar-refractivity contribution is 4.87. The van der Waals surface area contributed by atoms with E-state index in [1.807, 2.05) is 0 Å². The zero-order chi connectivity index (χ0) is 11.4. The first-order valence-corrected chi connectivity index (χ1v) is 6.07. The summed E-state index contributed by atoms with van der Waals surface area (Å²) in [5.41, 5.74) is 5.92. The van der Waals surface area contributed by atoms with E-state index < -0.39 is 0 Å². The van der Waals surface area contributed by atoms with Gasteiger partial charge in [-0.15, -0.1) is 0 Å². The van der Waals surface area contributed by atoms with E-state index in [0.717, 1.165) is 57.0 Å². The minimum atomic E-state index is 0.298. The molecule has 0 bridgehead atoms. The molecule has 16 heavy (non-hydrogen) atoms. The van der Waals surface area contributed by atoms with Crippen molar-refractivity contribution >= 4 is 0 Å². The Morgan fingerprint density at radius 1 is 1.56 bits per heavy atom. The molecule has 1 aromatic rings. The summed E-state index contributed by atoms with van der Waals surface area (Å²) in [5, 5.41) is 3.95. The van der Waals surface area contributed by atoms with Crippen LogP contribution < -0.4 is 5.73 Å². The quantitative estimate of drug-likeness (QED) is 0.824. The average Bonchev–Trinajstić information content (AvgIpc) is 2.66. The minimum absolute atomic E-state index is 0.298. The summed E-state index contributed by atoms with van der Waals surface area (Å²) in [7, 11) is 0. The summed E-state index contributed by atoms with van der Waals surface area (Å²) in [5.74, 6) is 1.54. The fourth-order valence-electron chi connectivity index (χ4n) is 2.11. The van der Waals surface area contributed by atoms with Gasteiger partial charge in [0.15, 0.2) is 5.82 Å². The van der Waals surface area contributed by atoms with E-state index in [9.17, 15) is 0 Å². The van der Waals surface area contributed by atoms with E-state index in [2.05, 4.69) is 22.0 Å². The van der Waals surface area contributed by atoms with Crippen LogP contribution in [0.4, 0.5) is 0 Å². The van der Waals surface area contributed by atoms with Crippen LogP contribution in [0, 0.1) is 0 Å². The number of rotatable bonds is 4. The average molecular weight is 224 g/mol. The number of piperidine rings is 1. The summed E-state index contributed by atoms with van der Waals surface area (Å²) >= 11 is 0. The maximum atomic E-state index is 5.92. The van der Waals surface area contributed by atoms with Gasteiger partial charge in [0.1, 0.15) is 0 Å². The fraction of sp³-hybridized carbons (Fsp3) is 0.818. The molecule has 1 saturated heterocycles. The Balaban J connectivity index is 1.87. The molecule has 1 unspecified atom stereocenters. The van der Waals surface area contributed by atoms with E-state index in [0.29, 0.717) is 6.04 Å². The second-order valence-corrected chi connectivity index (χ2v) is 4.49. The molecule has 1 fully saturated rings. The lowest BCUT2D eigenvalue weighted by Gasteiger charge is -2.29. The lowest BCUT2D eigenvalue weighted by molar-refractivity contribution is 0.178. The van der Waals surface area contributed by atoms with E-state index in [4.69, 9.17) is 10.3 Å². The van der Waals surface area contributed by atoms with Crippen LogP contribution in [0.25, 0.3) is 0 Å². The van der Waals surface area contributed by atoms with Crippen molar-refractivity contribution in [2.24, 2.45) is 5.73 Å². The summed E-state index contributed by atoms with van der Waals surface area (Å²) in [6.45, 7) is 4.87. The van der Waals surface area contributed by atoms with E-state index in [1.165, 1.54) is 0 Å². The lowest BCUT2D eigenvalue weighted by atomic mass is 10.1. The molecule has 5 nitrogen and oxygen atoms in total. The van der Waals surface area contributed by atoms with Gasteiger partial charge in [-0.25, -0.2) is 0 Å². The monoisotopic (exact) mass is 224 g/mol. The van der Waals surface area contributed by atoms with Crippen molar-refractivity contribution in [3.8, 4) is 0 Å². The van der Waals surface area contributed by atoms with Gasteiger partial charge in [-0.05, 0) is 25.8 Å². The Bertz CT molecular complexity index is 326. The molecule has 0 aliphatic carbocycles. The third-order valence-corrected chi connectivity index (χ3v) is 2.88. The molecule has 0 saturated carbocycles. The first kappa shape index (κ1) is 11.5. The fourth-order valence-corrected chi connectivity index (χ4v) is 2.11. The molecule has 1 aliphatic heterocycles. The van der Waals surface area contributed by atoms with Crippen molar-refractivity contribution < 1.29 is 4.52 Å². The highest BCUT2D eigenvalue weighted by Gasteiger charge is 2.18. The molecular weight excluding hydrogens is 204 g/mol.